The van der Waals surface area contributed by atoms with Crippen molar-refractivity contribution in [2.45, 2.75) is 25.0 Å². The van der Waals surface area contributed by atoms with Gasteiger partial charge in [0, 0.05) is 6.61 Å². The zero-order valence-corrected chi connectivity index (χ0v) is 9.13. The third kappa shape index (κ3) is 2.82. The van der Waals surface area contributed by atoms with Crippen LogP contribution in [0.5, 0.6) is 0 Å². The largest absolute Gasteiger partial charge is 0.379 e. The van der Waals surface area contributed by atoms with Crippen molar-refractivity contribution in [1.29, 1.82) is 5.26 Å². The number of benzene rings is 1. The van der Waals surface area contributed by atoms with Gasteiger partial charge in [-0.3, -0.25) is 0 Å². The molecule has 84 valence electrons. The maximum Gasteiger partial charge on any atom is 0.169 e. The van der Waals surface area contributed by atoms with Gasteiger partial charge in [0.1, 0.15) is 0 Å². The van der Waals surface area contributed by atoms with Gasteiger partial charge in [-0.05, 0) is 18.4 Å². The fourth-order valence-corrected chi connectivity index (χ4v) is 1.82. The molecule has 3 nitrogen and oxygen atoms in total. The van der Waals surface area contributed by atoms with E-state index >= 15 is 0 Å². The molecule has 0 aromatic heterocycles. The lowest BCUT2D eigenvalue weighted by atomic mass is 10.1. The number of nitriles is 1. The van der Waals surface area contributed by atoms with Crippen LogP contribution in [-0.2, 0) is 9.47 Å². The summed E-state index contributed by atoms with van der Waals surface area (Å²) in [5, 5.41) is 9.09. The maximum atomic E-state index is 9.09. The zero-order chi connectivity index (χ0) is 11.2. The van der Waals surface area contributed by atoms with Gasteiger partial charge in [0.2, 0.25) is 0 Å². The summed E-state index contributed by atoms with van der Waals surface area (Å²) in [7, 11) is 0. The van der Waals surface area contributed by atoms with Gasteiger partial charge < -0.3 is 9.47 Å². The molecule has 1 saturated heterocycles. The van der Waals surface area contributed by atoms with E-state index in [9.17, 15) is 0 Å². The monoisotopic (exact) mass is 217 g/mol. The molecule has 1 aromatic carbocycles. The normalized spacial score (nSPS) is 22.3. The predicted molar refractivity (Wildman–Crippen MR) is 59.7 cm³/mol. The Morgan fingerprint density at radius 2 is 2.19 bits per heavy atom. The molecule has 2 unspecified atom stereocenters. The van der Waals surface area contributed by atoms with Crippen molar-refractivity contribution in [2.75, 3.05) is 13.2 Å². The summed E-state index contributed by atoms with van der Waals surface area (Å²) in [5.74, 6) is 0. The highest BCUT2D eigenvalue weighted by Gasteiger charge is 2.20. The topological polar surface area (TPSA) is 42.2 Å². The van der Waals surface area contributed by atoms with Crippen LogP contribution in [0.4, 0.5) is 0 Å². The first-order chi connectivity index (χ1) is 7.90. The highest BCUT2D eigenvalue weighted by atomic mass is 16.5. The molecule has 3 heteroatoms. The predicted octanol–water partition coefficient (Wildman–Crippen LogP) is 2.45. The molecular formula is C13H15NO2. The molecule has 0 spiro atoms. The Morgan fingerprint density at radius 1 is 1.38 bits per heavy atom. The first-order valence-corrected chi connectivity index (χ1v) is 5.58. The Hall–Kier alpha value is -1.37. The van der Waals surface area contributed by atoms with Crippen LogP contribution in [0, 0.1) is 11.3 Å². The summed E-state index contributed by atoms with van der Waals surface area (Å²) in [6.45, 7) is 1.41. The van der Waals surface area contributed by atoms with Crippen molar-refractivity contribution < 1.29 is 9.47 Å². The lowest BCUT2D eigenvalue weighted by molar-refractivity contribution is -0.0691. The van der Waals surface area contributed by atoms with Crippen LogP contribution in [0.3, 0.4) is 0 Å². The van der Waals surface area contributed by atoms with E-state index in [0.717, 1.165) is 25.0 Å². The molecule has 0 aliphatic carbocycles. The van der Waals surface area contributed by atoms with E-state index < -0.39 is 6.10 Å². The van der Waals surface area contributed by atoms with Crippen LogP contribution < -0.4 is 0 Å². The van der Waals surface area contributed by atoms with Gasteiger partial charge in [-0.1, -0.05) is 30.3 Å². The van der Waals surface area contributed by atoms with Gasteiger partial charge in [0.05, 0.1) is 18.8 Å². The molecule has 2 atom stereocenters. The molecule has 2 rings (SSSR count). The van der Waals surface area contributed by atoms with E-state index in [1.165, 1.54) is 0 Å². The standard InChI is InChI=1S/C13H15NO2/c14-9-13(11-5-2-1-3-6-11)16-12-7-4-8-15-10-12/h1-3,5-6,12-13H,4,7-8,10H2. The molecule has 1 aliphatic heterocycles. The molecule has 1 heterocycles. The lowest BCUT2D eigenvalue weighted by Crippen LogP contribution is -2.26. The van der Waals surface area contributed by atoms with E-state index in [0.29, 0.717) is 6.61 Å². The van der Waals surface area contributed by atoms with Crippen molar-refractivity contribution in [3.05, 3.63) is 35.9 Å². The number of hydrogen-bond donors (Lipinski definition) is 0. The second-order valence-corrected chi connectivity index (χ2v) is 3.90. The molecule has 0 bridgehead atoms. The molecule has 16 heavy (non-hydrogen) atoms. The van der Waals surface area contributed by atoms with Gasteiger partial charge in [-0.2, -0.15) is 5.26 Å². The van der Waals surface area contributed by atoms with Crippen molar-refractivity contribution in [3.8, 4) is 6.07 Å². The zero-order valence-electron chi connectivity index (χ0n) is 9.13. The third-order valence-corrected chi connectivity index (χ3v) is 2.67. The molecule has 1 fully saturated rings. The molecule has 0 amide bonds. The Bertz CT molecular complexity index is 352. The SMILES string of the molecule is N#CC(OC1CCCOC1)c1ccccc1. The summed E-state index contributed by atoms with van der Waals surface area (Å²) in [6, 6.07) is 11.8. The Labute approximate surface area is 95.6 Å². The third-order valence-electron chi connectivity index (χ3n) is 2.67. The van der Waals surface area contributed by atoms with Gasteiger partial charge in [-0.25, -0.2) is 0 Å². The van der Waals surface area contributed by atoms with E-state index in [2.05, 4.69) is 6.07 Å². The highest BCUT2D eigenvalue weighted by molar-refractivity contribution is 5.22. The summed E-state index contributed by atoms with van der Waals surface area (Å²) >= 11 is 0. The van der Waals surface area contributed by atoms with Crippen LogP contribution in [0.25, 0.3) is 0 Å². The average molecular weight is 217 g/mol. The van der Waals surface area contributed by atoms with Gasteiger partial charge in [-0.15, -0.1) is 0 Å². The van der Waals surface area contributed by atoms with Gasteiger partial charge in [0.15, 0.2) is 6.10 Å². The summed E-state index contributed by atoms with van der Waals surface area (Å²) in [5.41, 5.74) is 0.913. The highest BCUT2D eigenvalue weighted by Crippen LogP contribution is 2.21. The molecule has 0 N–H and O–H groups in total. The Kier molecular flexibility index (Phi) is 3.92. The fraction of sp³-hybridized carbons (Fsp3) is 0.462. The van der Waals surface area contributed by atoms with Gasteiger partial charge >= 0.3 is 0 Å². The number of hydrogen-bond acceptors (Lipinski definition) is 3. The number of ether oxygens (including phenoxy) is 2. The van der Waals surface area contributed by atoms with Crippen molar-refractivity contribution in [2.24, 2.45) is 0 Å². The number of nitrogens with zero attached hydrogens (tertiary/aromatic N) is 1. The minimum Gasteiger partial charge on any atom is -0.379 e. The van der Waals surface area contributed by atoms with Crippen LogP contribution in [0.2, 0.25) is 0 Å². The van der Waals surface area contributed by atoms with E-state index in [-0.39, 0.29) is 6.10 Å². The minimum absolute atomic E-state index is 0.0543. The number of rotatable bonds is 3. The quantitative estimate of drug-likeness (QED) is 0.781. The van der Waals surface area contributed by atoms with Crippen LogP contribution in [0.15, 0.2) is 30.3 Å². The van der Waals surface area contributed by atoms with Crippen molar-refractivity contribution >= 4 is 0 Å². The smallest absolute Gasteiger partial charge is 0.169 e. The summed E-state index contributed by atoms with van der Waals surface area (Å²) < 4.78 is 11.1. The van der Waals surface area contributed by atoms with Crippen LogP contribution >= 0.6 is 0 Å². The first-order valence-electron chi connectivity index (χ1n) is 5.58. The van der Waals surface area contributed by atoms with Gasteiger partial charge in [0.25, 0.3) is 0 Å². The molecular weight excluding hydrogens is 202 g/mol. The van der Waals surface area contributed by atoms with Crippen LogP contribution in [0.1, 0.15) is 24.5 Å². The van der Waals surface area contributed by atoms with E-state index in [4.69, 9.17) is 14.7 Å². The van der Waals surface area contributed by atoms with E-state index in [1.807, 2.05) is 30.3 Å². The maximum absolute atomic E-state index is 9.09. The summed E-state index contributed by atoms with van der Waals surface area (Å²) in [6.07, 6.45) is 1.56. The molecule has 0 radical (unpaired) electrons. The first kappa shape index (κ1) is 11.1. The second-order valence-electron chi connectivity index (χ2n) is 3.90. The van der Waals surface area contributed by atoms with Crippen molar-refractivity contribution in [3.63, 3.8) is 0 Å². The summed E-state index contributed by atoms with van der Waals surface area (Å²) in [4.78, 5) is 0. The molecule has 1 aliphatic rings. The van der Waals surface area contributed by atoms with E-state index in [1.54, 1.807) is 0 Å². The second kappa shape index (κ2) is 5.64. The Morgan fingerprint density at radius 3 is 2.81 bits per heavy atom. The van der Waals surface area contributed by atoms with Crippen molar-refractivity contribution in [1.82, 2.24) is 0 Å². The lowest BCUT2D eigenvalue weighted by Gasteiger charge is -2.24. The Balaban J connectivity index is 1.98. The van der Waals surface area contributed by atoms with Crippen LogP contribution in [-0.4, -0.2) is 19.3 Å². The molecule has 0 saturated carbocycles. The minimum atomic E-state index is -0.479. The average Bonchev–Trinajstić information content (AvgIpc) is 2.38. The fourth-order valence-electron chi connectivity index (χ4n) is 1.82. The molecule has 1 aromatic rings.